The molecule has 2 aliphatic heterocycles. The van der Waals surface area contributed by atoms with Gasteiger partial charge in [0.25, 0.3) is 0 Å². The average molecular weight is 242 g/mol. The number of likely N-dealkylation sites (tertiary alicyclic amines) is 1. The van der Waals surface area contributed by atoms with Crippen molar-refractivity contribution in [2.75, 3.05) is 31.1 Å². The minimum Gasteiger partial charge on any atom is -0.312 e. The van der Waals surface area contributed by atoms with Crippen molar-refractivity contribution in [2.24, 2.45) is 0 Å². The van der Waals surface area contributed by atoms with Crippen molar-refractivity contribution < 1.29 is 0 Å². The SMILES string of the molecule is CCSCCN1CCCCC1C1CCCN1. The van der Waals surface area contributed by atoms with Gasteiger partial charge < -0.3 is 5.32 Å². The van der Waals surface area contributed by atoms with Crippen LogP contribution in [0.5, 0.6) is 0 Å². The summed E-state index contributed by atoms with van der Waals surface area (Å²) in [5.74, 6) is 2.58. The van der Waals surface area contributed by atoms with E-state index in [-0.39, 0.29) is 0 Å². The molecule has 0 bridgehead atoms. The third-order valence-corrected chi connectivity index (χ3v) is 4.83. The second kappa shape index (κ2) is 6.87. The Morgan fingerprint density at radius 1 is 1.25 bits per heavy atom. The molecule has 0 aromatic carbocycles. The van der Waals surface area contributed by atoms with Crippen molar-refractivity contribution in [1.29, 1.82) is 0 Å². The van der Waals surface area contributed by atoms with Gasteiger partial charge in [0.15, 0.2) is 0 Å². The standard InChI is InChI=1S/C13H26N2S/c1-2-16-11-10-15-9-4-3-7-13(15)12-6-5-8-14-12/h12-14H,2-11H2,1H3. The van der Waals surface area contributed by atoms with E-state index in [1.807, 2.05) is 0 Å². The second-order valence-corrected chi connectivity index (χ2v) is 6.39. The maximum absolute atomic E-state index is 3.70. The number of hydrogen-bond acceptors (Lipinski definition) is 3. The molecule has 0 spiro atoms. The molecule has 94 valence electrons. The smallest absolute Gasteiger partial charge is 0.0249 e. The molecule has 2 fully saturated rings. The Balaban J connectivity index is 1.81. The first-order valence-corrected chi connectivity index (χ1v) is 8.12. The average Bonchev–Trinajstić information content (AvgIpc) is 2.83. The number of nitrogens with one attached hydrogen (secondary N) is 1. The van der Waals surface area contributed by atoms with Crippen LogP contribution in [0.2, 0.25) is 0 Å². The summed E-state index contributed by atoms with van der Waals surface area (Å²) in [5.41, 5.74) is 0. The van der Waals surface area contributed by atoms with Crippen LogP contribution in [0.25, 0.3) is 0 Å². The van der Waals surface area contributed by atoms with Gasteiger partial charge in [0, 0.05) is 24.4 Å². The predicted octanol–water partition coefficient (Wildman–Crippen LogP) is 2.35. The second-order valence-electron chi connectivity index (χ2n) is 5.00. The van der Waals surface area contributed by atoms with Crippen molar-refractivity contribution >= 4 is 11.8 Å². The third kappa shape index (κ3) is 3.38. The molecule has 2 heterocycles. The molecule has 0 radical (unpaired) electrons. The van der Waals surface area contributed by atoms with E-state index in [4.69, 9.17) is 0 Å². The van der Waals surface area contributed by atoms with Crippen molar-refractivity contribution in [3.8, 4) is 0 Å². The molecule has 0 saturated carbocycles. The summed E-state index contributed by atoms with van der Waals surface area (Å²) in [4.78, 5) is 2.76. The first-order chi connectivity index (χ1) is 7.92. The lowest BCUT2D eigenvalue weighted by Crippen LogP contribution is -2.50. The molecule has 3 heteroatoms. The van der Waals surface area contributed by atoms with E-state index in [0.29, 0.717) is 0 Å². The van der Waals surface area contributed by atoms with Crippen molar-refractivity contribution in [1.82, 2.24) is 10.2 Å². The zero-order chi connectivity index (χ0) is 11.2. The fraction of sp³-hybridized carbons (Fsp3) is 1.00. The van der Waals surface area contributed by atoms with Gasteiger partial charge in [-0.2, -0.15) is 11.8 Å². The Morgan fingerprint density at radius 2 is 2.19 bits per heavy atom. The number of hydrogen-bond donors (Lipinski definition) is 1. The van der Waals surface area contributed by atoms with Gasteiger partial charge in [0.2, 0.25) is 0 Å². The van der Waals surface area contributed by atoms with Crippen LogP contribution in [-0.2, 0) is 0 Å². The van der Waals surface area contributed by atoms with Crippen LogP contribution in [0.15, 0.2) is 0 Å². The molecule has 0 aliphatic carbocycles. The fourth-order valence-electron chi connectivity index (χ4n) is 3.12. The Bertz CT molecular complexity index is 192. The minimum atomic E-state index is 0.798. The maximum atomic E-state index is 3.70. The summed E-state index contributed by atoms with van der Waals surface area (Å²) in [6.45, 7) is 6.16. The van der Waals surface area contributed by atoms with Gasteiger partial charge in [-0.05, 0) is 44.5 Å². The lowest BCUT2D eigenvalue weighted by Gasteiger charge is -2.39. The molecule has 2 aliphatic rings. The van der Waals surface area contributed by atoms with Gasteiger partial charge in [0.05, 0.1) is 0 Å². The van der Waals surface area contributed by atoms with Crippen LogP contribution in [0.4, 0.5) is 0 Å². The van der Waals surface area contributed by atoms with Crippen LogP contribution in [0.1, 0.15) is 39.0 Å². The van der Waals surface area contributed by atoms with Gasteiger partial charge in [0.1, 0.15) is 0 Å². The molecule has 2 nitrogen and oxygen atoms in total. The number of rotatable bonds is 5. The van der Waals surface area contributed by atoms with Gasteiger partial charge in [-0.25, -0.2) is 0 Å². The summed E-state index contributed by atoms with van der Waals surface area (Å²) in [6, 6.07) is 1.64. The van der Waals surface area contributed by atoms with Crippen LogP contribution in [0, 0.1) is 0 Å². The molecule has 2 atom stereocenters. The normalized spacial score (nSPS) is 32.1. The van der Waals surface area contributed by atoms with E-state index in [2.05, 4.69) is 28.9 Å². The van der Waals surface area contributed by atoms with Crippen molar-refractivity contribution in [3.05, 3.63) is 0 Å². The number of nitrogens with zero attached hydrogens (tertiary/aromatic N) is 1. The largest absolute Gasteiger partial charge is 0.312 e. The van der Waals surface area contributed by atoms with E-state index < -0.39 is 0 Å². The highest BCUT2D eigenvalue weighted by atomic mass is 32.2. The van der Waals surface area contributed by atoms with E-state index in [9.17, 15) is 0 Å². The highest BCUT2D eigenvalue weighted by Gasteiger charge is 2.30. The molecular weight excluding hydrogens is 216 g/mol. The molecule has 2 rings (SSSR count). The number of thioether (sulfide) groups is 1. The molecule has 16 heavy (non-hydrogen) atoms. The quantitative estimate of drug-likeness (QED) is 0.745. The third-order valence-electron chi connectivity index (χ3n) is 3.95. The van der Waals surface area contributed by atoms with Gasteiger partial charge >= 0.3 is 0 Å². The van der Waals surface area contributed by atoms with Crippen LogP contribution in [-0.4, -0.2) is 48.1 Å². The highest BCUT2D eigenvalue weighted by Crippen LogP contribution is 2.24. The summed E-state index contributed by atoms with van der Waals surface area (Å²) >= 11 is 2.08. The van der Waals surface area contributed by atoms with Crippen LogP contribution >= 0.6 is 11.8 Å². The zero-order valence-corrected chi connectivity index (χ0v) is 11.4. The van der Waals surface area contributed by atoms with E-state index in [0.717, 1.165) is 12.1 Å². The Labute approximate surface area is 105 Å². The van der Waals surface area contributed by atoms with Crippen molar-refractivity contribution in [2.45, 2.75) is 51.1 Å². The molecule has 2 unspecified atom stereocenters. The molecule has 2 saturated heterocycles. The Hall–Kier alpha value is 0.270. The maximum Gasteiger partial charge on any atom is 0.0249 e. The summed E-state index contributed by atoms with van der Waals surface area (Å²) in [5, 5.41) is 3.70. The lowest BCUT2D eigenvalue weighted by atomic mass is 9.95. The Morgan fingerprint density at radius 3 is 2.94 bits per heavy atom. The number of piperidine rings is 1. The Kier molecular flexibility index (Phi) is 5.46. The molecule has 1 N–H and O–H groups in total. The first kappa shape index (κ1) is 12.7. The molecule has 0 aromatic rings. The molecular formula is C13H26N2S. The fourth-order valence-corrected chi connectivity index (χ4v) is 3.77. The topological polar surface area (TPSA) is 15.3 Å². The summed E-state index contributed by atoms with van der Waals surface area (Å²) in [7, 11) is 0. The first-order valence-electron chi connectivity index (χ1n) is 6.97. The zero-order valence-electron chi connectivity index (χ0n) is 10.6. The minimum absolute atomic E-state index is 0.798. The molecule has 0 amide bonds. The summed E-state index contributed by atoms with van der Waals surface area (Å²) in [6.07, 6.45) is 7.08. The highest BCUT2D eigenvalue weighted by molar-refractivity contribution is 7.99. The van der Waals surface area contributed by atoms with Crippen LogP contribution in [0.3, 0.4) is 0 Å². The summed E-state index contributed by atoms with van der Waals surface area (Å²) < 4.78 is 0. The van der Waals surface area contributed by atoms with Gasteiger partial charge in [-0.3, -0.25) is 4.90 Å². The van der Waals surface area contributed by atoms with Crippen LogP contribution < -0.4 is 5.32 Å². The lowest BCUT2D eigenvalue weighted by molar-refractivity contribution is 0.128. The predicted molar refractivity (Wildman–Crippen MR) is 73.2 cm³/mol. The van der Waals surface area contributed by atoms with E-state index in [1.54, 1.807) is 0 Å². The molecule has 0 aromatic heterocycles. The van der Waals surface area contributed by atoms with Gasteiger partial charge in [-0.15, -0.1) is 0 Å². The van der Waals surface area contributed by atoms with E-state index in [1.165, 1.54) is 63.2 Å². The van der Waals surface area contributed by atoms with Gasteiger partial charge in [-0.1, -0.05) is 13.3 Å². The monoisotopic (exact) mass is 242 g/mol. The van der Waals surface area contributed by atoms with E-state index >= 15 is 0 Å². The van der Waals surface area contributed by atoms with Crippen molar-refractivity contribution in [3.63, 3.8) is 0 Å².